The fraction of sp³-hybridized carbons (Fsp3) is 0.296. The molecule has 1 fully saturated rings. The number of ether oxygens (including phenoxy) is 1. The Kier molecular flexibility index (Phi) is 6.07. The number of hydrogen-bond acceptors (Lipinski definition) is 4. The Balaban J connectivity index is 1.44. The molecule has 0 spiro atoms. The van der Waals surface area contributed by atoms with Gasteiger partial charge in [-0.15, -0.1) is 0 Å². The van der Waals surface area contributed by atoms with E-state index < -0.39 is 0 Å². The van der Waals surface area contributed by atoms with Gasteiger partial charge in [-0.2, -0.15) is 0 Å². The first-order valence-corrected chi connectivity index (χ1v) is 11.5. The molecule has 5 rings (SSSR count). The summed E-state index contributed by atoms with van der Waals surface area (Å²) in [4.78, 5) is 31.5. The van der Waals surface area contributed by atoms with E-state index in [0.717, 1.165) is 16.9 Å². The van der Waals surface area contributed by atoms with Crippen LogP contribution < -0.4 is 10.1 Å². The van der Waals surface area contributed by atoms with Gasteiger partial charge in [0.15, 0.2) is 0 Å². The maximum absolute atomic E-state index is 13.1. The van der Waals surface area contributed by atoms with E-state index in [1.54, 1.807) is 29.4 Å². The van der Waals surface area contributed by atoms with Crippen LogP contribution in [0.1, 0.15) is 56.2 Å². The lowest BCUT2D eigenvalue weighted by Gasteiger charge is -2.24. The lowest BCUT2D eigenvalue weighted by molar-refractivity contribution is 0.0723. The zero-order valence-corrected chi connectivity index (χ0v) is 18.5. The van der Waals surface area contributed by atoms with Crippen LogP contribution in [-0.2, 0) is 6.42 Å². The van der Waals surface area contributed by atoms with Crippen molar-refractivity contribution in [2.24, 2.45) is 0 Å². The lowest BCUT2D eigenvalue weighted by Crippen LogP contribution is -2.40. The molecule has 1 aliphatic heterocycles. The Bertz CT molecular complexity index is 1160. The molecule has 2 bridgehead atoms. The van der Waals surface area contributed by atoms with Gasteiger partial charge in [-0.05, 0) is 65.8 Å². The number of amides is 2. The van der Waals surface area contributed by atoms with Gasteiger partial charge in [0, 0.05) is 43.0 Å². The smallest absolute Gasteiger partial charge is 0.254 e. The van der Waals surface area contributed by atoms with Gasteiger partial charge in [0.05, 0.1) is 6.54 Å². The number of carbonyl (C=O) groups is 2. The Morgan fingerprint density at radius 3 is 2.70 bits per heavy atom. The third kappa shape index (κ3) is 5.06. The molecule has 0 saturated heterocycles. The molecule has 2 amide bonds. The van der Waals surface area contributed by atoms with E-state index in [9.17, 15) is 9.59 Å². The van der Waals surface area contributed by atoms with Crippen LogP contribution in [0.4, 0.5) is 0 Å². The van der Waals surface area contributed by atoms with Crippen LogP contribution in [0.5, 0.6) is 5.75 Å². The van der Waals surface area contributed by atoms with Crippen molar-refractivity contribution in [1.82, 2.24) is 15.2 Å². The average molecular weight is 442 g/mol. The SMILES string of the molecule is O=C1NCCN(C(=O)c2ccncc2)CCOc2ccc(C3CC3)cc2Cc2cccc1c2. The highest BCUT2D eigenvalue weighted by atomic mass is 16.5. The summed E-state index contributed by atoms with van der Waals surface area (Å²) in [5.74, 6) is 1.25. The summed E-state index contributed by atoms with van der Waals surface area (Å²) in [5, 5.41) is 2.95. The summed E-state index contributed by atoms with van der Waals surface area (Å²) >= 11 is 0. The molecule has 2 heterocycles. The van der Waals surface area contributed by atoms with Crippen molar-refractivity contribution < 1.29 is 14.3 Å². The molecule has 0 unspecified atom stereocenters. The van der Waals surface area contributed by atoms with Crippen molar-refractivity contribution in [2.45, 2.75) is 25.2 Å². The minimum Gasteiger partial charge on any atom is -0.491 e. The molecule has 1 N–H and O–H groups in total. The number of rotatable bonds is 2. The molecule has 2 aliphatic rings. The van der Waals surface area contributed by atoms with E-state index in [0.29, 0.717) is 49.7 Å². The highest BCUT2D eigenvalue weighted by molar-refractivity contribution is 5.95. The molecule has 0 radical (unpaired) electrons. The molecule has 0 atom stereocenters. The quantitative estimate of drug-likeness (QED) is 0.656. The summed E-state index contributed by atoms with van der Waals surface area (Å²) in [6, 6.07) is 17.6. The maximum Gasteiger partial charge on any atom is 0.254 e. The summed E-state index contributed by atoms with van der Waals surface area (Å²) < 4.78 is 6.20. The third-order valence-corrected chi connectivity index (χ3v) is 6.22. The number of nitrogens with zero attached hydrogens (tertiary/aromatic N) is 2. The molecule has 1 aromatic heterocycles. The van der Waals surface area contributed by atoms with Crippen molar-refractivity contribution in [3.8, 4) is 5.75 Å². The van der Waals surface area contributed by atoms with Gasteiger partial charge in [0.25, 0.3) is 11.8 Å². The van der Waals surface area contributed by atoms with Crippen molar-refractivity contribution in [1.29, 1.82) is 0 Å². The number of aromatic nitrogens is 1. The molecule has 1 aliphatic carbocycles. The number of nitrogens with one attached hydrogen (secondary N) is 1. The van der Waals surface area contributed by atoms with Gasteiger partial charge in [-0.3, -0.25) is 14.6 Å². The van der Waals surface area contributed by atoms with Crippen molar-refractivity contribution >= 4 is 11.8 Å². The Hall–Kier alpha value is -3.67. The van der Waals surface area contributed by atoms with Crippen LogP contribution >= 0.6 is 0 Å². The zero-order valence-electron chi connectivity index (χ0n) is 18.5. The first-order valence-electron chi connectivity index (χ1n) is 11.5. The highest BCUT2D eigenvalue weighted by Crippen LogP contribution is 2.41. The van der Waals surface area contributed by atoms with Crippen molar-refractivity contribution in [2.75, 3.05) is 26.2 Å². The van der Waals surface area contributed by atoms with Gasteiger partial charge >= 0.3 is 0 Å². The maximum atomic E-state index is 13.1. The van der Waals surface area contributed by atoms with E-state index in [2.05, 4.69) is 28.5 Å². The van der Waals surface area contributed by atoms with Crippen LogP contribution in [0, 0.1) is 0 Å². The number of hydrogen-bond donors (Lipinski definition) is 1. The summed E-state index contributed by atoms with van der Waals surface area (Å²) in [5.41, 5.74) is 4.73. The number of benzene rings is 2. The lowest BCUT2D eigenvalue weighted by atomic mass is 9.98. The van der Waals surface area contributed by atoms with Gasteiger partial charge in [0.1, 0.15) is 12.4 Å². The monoisotopic (exact) mass is 441 g/mol. The topological polar surface area (TPSA) is 71.5 Å². The van der Waals surface area contributed by atoms with E-state index in [1.165, 1.54) is 18.4 Å². The minimum absolute atomic E-state index is 0.103. The molecule has 33 heavy (non-hydrogen) atoms. The molecule has 1 saturated carbocycles. The number of pyridine rings is 1. The predicted molar refractivity (Wildman–Crippen MR) is 126 cm³/mol. The molecular formula is C27H27N3O3. The standard InChI is InChI=1S/C27H27N3O3/c31-26-23-3-1-2-19(16-23)17-24-18-22(20-4-5-20)6-7-25(24)33-15-14-30(13-12-29-26)27(32)21-8-10-28-11-9-21/h1-3,6-11,16,18,20H,4-5,12-15,17H2,(H,29,31). The number of fused-ring (bicyclic) bond motifs is 3. The van der Waals surface area contributed by atoms with Crippen LogP contribution in [0.3, 0.4) is 0 Å². The van der Waals surface area contributed by atoms with Gasteiger partial charge in [-0.1, -0.05) is 24.3 Å². The van der Waals surface area contributed by atoms with Crippen molar-refractivity contribution in [3.05, 3.63) is 94.8 Å². The van der Waals surface area contributed by atoms with E-state index in [1.807, 2.05) is 24.3 Å². The minimum atomic E-state index is -0.131. The van der Waals surface area contributed by atoms with Crippen LogP contribution in [0.25, 0.3) is 0 Å². The molecule has 3 aromatic rings. The van der Waals surface area contributed by atoms with Gasteiger partial charge in [0.2, 0.25) is 0 Å². The molecule has 6 nitrogen and oxygen atoms in total. The largest absolute Gasteiger partial charge is 0.491 e. The Morgan fingerprint density at radius 2 is 1.88 bits per heavy atom. The molecule has 168 valence electrons. The zero-order chi connectivity index (χ0) is 22.6. The van der Waals surface area contributed by atoms with Crippen LogP contribution in [0.15, 0.2) is 67.0 Å². The highest BCUT2D eigenvalue weighted by Gasteiger charge is 2.24. The van der Waals surface area contributed by atoms with E-state index >= 15 is 0 Å². The average Bonchev–Trinajstić information content (AvgIpc) is 3.69. The molecular weight excluding hydrogens is 414 g/mol. The Labute approximate surface area is 193 Å². The molecule has 2 aromatic carbocycles. The Morgan fingerprint density at radius 1 is 1.03 bits per heavy atom. The fourth-order valence-electron chi connectivity index (χ4n) is 4.26. The predicted octanol–water partition coefficient (Wildman–Crippen LogP) is 3.81. The number of carbonyl (C=O) groups excluding carboxylic acids is 2. The van der Waals surface area contributed by atoms with E-state index in [-0.39, 0.29) is 11.8 Å². The van der Waals surface area contributed by atoms with E-state index in [4.69, 9.17) is 4.74 Å². The van der Waals surface area contributed by atoms with Gasteiger partial charge in [-0.25, -0.2) is 0 Å². The molecule has 6 heteroatoms. The summed E-state index contributed by atoms with van der Waals surface area (Å²) in [6.07, 6.45) is 6.38. The second-order valence-electron chi connectivity index (χ2n) is 8.65. The first kappa shape index (κ1) is 21.2. The van der Waals surface area contributed by atoms with Crippen molar-refractivity contribution in [3.63, 3.8) is 0 Å². The normalized spacial score (nSPS) is 16.7. The first-order chi connectivity index (χ1) is 16.2. The second-order valence-corrected chi connectivity index (χ2v) is 8.65. The van der Waals surface area contributed by atoms with Crippen LogP contribution in [-0.4, -0.2) is 47.9 Å². The summed E-state index contributed by atoms with van der Waals surface area (Å²) in [7, 11) is 0. The second kappa shape index (κ2) is 9.45. The third-order valence-electron chi connectivity index (χ3n) is 6.22. The fourth-order valence-corrected chi connectivity index (χ4v) is 4.26. The van der Waals surface area contributed by atoms with Crippen LogP contribution in [0.2, 0.25) is 0 Å². The van der Waals surface area contributed by atoms with Gasteiger partial charge < -0.3 is 15.0 Å². The summed E-state index contributed by atoms with van der Waals surface area (Å²) in [6.45, 7) is 1.55.